The fraction of sp³-hybridized carbons (Fsp3) is 0.633. The molecule has 0 saturated carbocycles. The minimum absolute atomic E-state index is 0.288. The van der Waals surface area contributed by atoms with E-state index < -0.39 is 25.8 Å². The van der Waals surface area contributed by atoms with Gasteiger partial charge in [0.2, 0.25) is 0 Å². The molecule has 0 aliphatic rings. The first kappa shape index (κ1) is 52.3. The van der Waals surface area contributed by atoms with Gasteiger partial charge in [-0.05, 0) is 92.6 Å². The third-order valence-corrected chi connectivity index (χ3v) is 12.8. The van der Waals surface area contributed by atoms with Crippen molar-refractivity contribution in [2.75, 3.05) is 51.0 Å². The Balaban J connectivity index is 1.82. The summed E-state index contributed by atoms with van der Waals surface area (Å²) in [6.45, 7) is 7.64. The largest absolute Gasteiger partial charge is 0.494 e. The minimum atomic E-state index is -4.08. The Kier molecular flexibility index (Phi) is 25.9. The van der Waals surface area contributed by atoms with Crippen LogP contribution in [-0.2, 0) is 30.6 Å². The summed E-state index contributed by atoms with van der Waals surface area (Å²) >= 11 is 0. The van der Waals surface area contributed by atoms with Crippen LogP contribution in [0.3, 0.4) is 0 Å². The van der Waals surface area contributed by atoms with Crippen molar-refractivity contribution in [2.24, 2.45) is 0 Å². The molecule has 0 aliphatic heterocycles. The molecule has 0 fully saturated rings. The Hall–Kier alpha value is -3.00. The highest BCUT2D eigenvalue weighted by Crippen LogP contribution is 2.41. The summed E-state index contributed by atoms with van der Waals surface area (Å²) in [5.74, 6) is 0.961. The molecule has 0 radical (unpaired) electrons. The monoisotopic (exact) mass is 888 g/mol. The molecular formula is C49H77NO9S2. The Morgan fingerprint density at radius 1 is 0.443 bits per heavy atom. The van der Waals surface area contributed by atoms with E-state index in [0.29, 0.717) is 52.3 Å². The van der Waals surface area contributed by atoms with Gasteiger partial charge in [-0.2, -0.15) is 16.8 Å². The second-order valence-corrected chi connectivity index (χ2v) is 19.6. The van der Waals surface area contributed by atoms with Crippen molar-refractivity contribution in [3.05, 3.63) is 95.6 Å². The Bertz CT molecular complexity index is 1670. The third kappa shape index (κ3) is 22.3. The molecular weight excluding hydrogens is 811 g/mol. The second-order valence-electron chi connectivity index (χ2n) is 16.4. The summed E-state index contributed by atoms with van der Waals surface area (Å²) in [5.41, 5.74) is 1.79. The van der Waals surface area contributed by atoms with Crippen LogP contribution < -0.4 is 9.47 Å². The summed E-state index contributed by atoms with van der Waals surface area (Å²) in [5, 5.41) is 0. The lowest BCUT2D eigenvalue weighted by atomic mass is 9.80. The number of hydrogen-bond acceptors (Lipinski definition) is 8. The maximum atomic E-state index is 11.4. The van der Waals surface area contributed by atoms with E-state index in [4.69, 9.17) is 14.2 Å². The van der Waals surface area contributed by atoms with Crippen LogP contribution in [-0.4, -0.2) is 81.8 Å². The van der Waals surface area contributed by atoms with Gasteiger partial charge in [-0.1, -0.05) is 158 Å². The van der Waals surface area contributed by atoms with E-state index in [9.17, 15) is 25.9 Å². The molecule has 0 aliphatic carbocycles. The van der Waals surface area contributed by atoms with E-state index in [0.717, 1.165) is 53.9 Å². The molecule has 3 aromatic carbocycles. The average molecular weight is 888 g/mol. The van der Waals surface area contributed by atoms with Gasteiger partial charge in [0.15, 0.2) is 0 Å². The topological polar surface area (TPSA) is 140 Å². The van der Waals surface area contributed by atoms with Crippen molar-refractivity contribution in [3.63, 3.8) is 0 Å². The highest BCUT2D eigenvalue weighted by Gasteiger charge is 2.38. The Morgan fingerprint density at radius 3 is 1.21 bits per heavy atom. The van der Waals surface area contributed by atoms with E-state index in [1.54, 1.807) is 0 Å². The molecule has 0 spiro atoms. The number of ether oxygens (including phenoxy) is 3. The number of hydrogen-bond donors (Lipinski definition) is 2. The fourth-order valence-electron chi connectivity index (χ4n) is 7.75. The van der Waals surface area contributed by atoms with Gasteiger partial charge in [-0.3, -0.25) is 9.11 Å². The van der Waals surface area contributed by atoms with Gasteiger partial charge in [0.25, 0.3) is 20.2 Å². The van der Waals surface area contributed by atoms with Crippen LogP contribution in [0, 0.1) is 0 Å². The molecule has 0 heterocycles. The highest BCUT2D eigenvalue weighted by molar-refractivity contribution is 7.86. The SMILES string of the molecule is CCCCCCCCCCOc1ccc(C(OCCN(CCCCS(=O)(=O)O)CCCCS(=O)(=O)O)(c2ccccc2)c2ccc(OCCCCCCCCCC)cc2)cc1. The Morgan fingerprint density at radius 2 is 0.820 bits per heavy atom. The van der Waals surface area contributed by atoms with E-state index in [-0.39, 0.29) is 24.3 Å². The maximum Gasteiger partial charge on any atom is 0.264 e. The quantitative estimate of drug-likeness (QED) is 0.0327. The lowest BCUT2D eigenvalue weighted by Crippen LogP contribution is -2.37. The van der Waals surface area contributed by atoms with Gasteiger partial charge in [-0.15, -0.1) is 0 Å². The second kappa shape index (κ2) is 30.1. The van der Waals surface area contributed by atoms with Gasteiger partial charge in [-0.25, -0.2) is 0 Å². The van der Waals surface area contributed by atoms with Crippen LogP contribution in [0.5, 0.6) is 11.5 Å². The molecule has 0 bridgehead atoms. The lowest BCUT2D eigenvalue weighted by molar-refractivity contribution is 0.000635. The van der Waals surface area contributed by atoms with E-state index in [1.165, 1.54) is 77.0 Å². The summed E-state index contributed by atoms with van der Waals surface area (Å²) in [6, 6.07) is 26.5. The van der Waals surface area contributed by atoms with Crippen molar-refractivity contribution >= 4 is 20.2 Å². The van der Waals surface area contributed by atoms with E-state index in [2.05, 4.69) is 55.1 Å². The molecule has 10 nitrogen and oxygen atoms in total. The molecule has 2 N–H and O–H groups in total. The van der Waals surface area contributed by atoms with Crippen molar-refractivity contribution < 1.29 is 40.2 Å². The van der Waals surface area contributed by atoms with Crippen molar-refractivity contribution in [1.29, 1.82) is 0 Å². The molecule has 3 rings (SSSR count). The van der Waals surface area contributed by atoms with Crippen LogP contribution in [0.15, 0.2) is 78.9 Å². The molecule has 3 aromatic rings. The van der Waals surface area contributed by atoms with Crippen LogP contribution >= 0.6 is 0 Å². The van der Waals surface area contributed by atoms with Crippen LogP contribution in [0.1, 0.15) is 159 Å². The van der Waals surface area contributed by atoms with E-state index >= 15 is 0 Å². The molecule has 0 saturated heterocycles. The summed E-state index contributed by atoms with van der Waals surface area (Å²) in [7, 11) is -8.15. The minimum Gasteiger partial charge on any atom is -0.494 e. The van der Waals surface area contributed by atoms with Crippen molar-refractivity contribution in [2.45, 2.75) is 148 Å². The van der Waals surface area contributed by atoms with Gasteiger partial charge < -0.3 is 19.1 Å². The normalized spacial score (nSPS) is 12.3. The first-order valence-electron chi connectivity index (χ1n) is 23.3. The molecule has 0 atom stereocenters. The predicted molar refractivity (Wildman–Crippen MR) is 249 cm³/mol. The average Bonchev–Trinajstić information content (AvgIpc) is 3.24. The first-order chi connectivity index (χ1) is 29.5. The molecule has 0 unspecified atom stereocenters. The number of nitrogens with zero attached hydrogens (tertiary/aromatic N) is 1. The molecule has 0 aromatic heterocycles. The van der Waals surface area contributed by atoms with Gasteiger partial charge >= 0.3 is 0 Å². The molecule has 344 valence electrons. The summed E-state index contributed by atoms with van der Waals surface area (Å²) in [6.07, 6.45) is 21.4. The molecule has 12 heteroatoms. The zero-order chi connectivity index (χ0) is 44.1. The van der Waals surface area contributed by atoms with Gasteiger partial charge in [0.1, 0.15) is 17.1 Å². The summed E-state index contributed by atoms with van der Waals surface area (Å²) in [4.78, 5) is 2.12. The number of rotatable bonds is 37. The Labute approximate surface area is 369 Å². The van der Waals surface area contributed by atoms with Crippen LogP contribution in [0.4, 0.5) is 0 Å². The maximum absolute atomic E-state index is 11.4. The van der Waals surface area contributed by atoms with Gasteiger partial charge in [0, 0.05) is 6.54 Å². The number of unbranched alkanes of at least 4 members (excludes halogenated alkanes) is 16. The van der Waals surface area contributed by atoms with Gasteiger partial charge in [0.05, 0.1) is 31.3 Å². The zero-order valence-electron chi connectivity index (χ0n) is 37.3. The zero-order valence-corrected chi connectivity index (χ0v) is 39.0. The van der Waals surface area contributed by atoms with E-state index in [1.807, 2.05) is 42.5 Å². The molecule has 61 heavy (non-hydrogen) atoms. The smallest absolute Gasteiger partial charge is 0.264 e. The van der Waals surface area contributed by atoms with Crippen LogP contribution in [0.25, 0.3) is 0 Å². The lowest BCUT2D eigenvalue weighted by Gasteiger charge is -2.37. The summed E-state index contributed by atoms with van der Waals surface area (Å²) < 4.78 is 83.7. The predicted octanol–water partition coefficient (Wildman–Crippen LogP) is 11.7. The fourth-order valence-corrected chi connectivity index (χ4v) is 8.89. The highest BCUT2D eigenvalue weighted by atomic mass is 32.2. The van der Waals surface area contributed by atoms with Crippen molar-refractivity contribution in [3.8, 4) is 11.5 Å². The molecule has 0 amide bonds. The number of benzene rings is 3. The third-order valence-electron chi connectivity index (χ3n) is 11.2. The standard InChI is InChI=1S/C49H77NO9S2/c1-3-5-7-9-11-13-15-22-39-57-47-32-28-45(29-33-47)49(44-26-18-17-19-27-44,46-30-34-48(35-31-46)58-40-23-16-14-12-10-8-6-4-2)59-41-38-50(36-20-24-42-60(51,52)53)37-21-25-43-61(54,55)56/h17-19,26-35H,3-16,20-25,36-43H2,1-2H3,(H,51,52,53)(H,54,55,56). The first-order valence-corrected chi connectivity index (χ1v) is 26.5. The van der Waals surface area contributed by atoms with Crippen molar-refractivity contribution in [1.82, 2.24) is 4.90 Å². The van der Waals surface area contributed by atoms with Crippen LogP contribution in [0.2, 0.25) is 0 Å².